The molecule has 1 fully saturated rings. The van der Waals surface area contributed by atoms with Crippen LogP contribution in [0.4, 0.5) is 11.4 Å². The van der Waals surface area contributed by atoms with Gasteiger partial charge in [-0.2, -0.15) is 0 Å². The Bertz CT molecular complexity index is 682. The van der Waals surface area contributed by atoms with Crippen LogP contribution in [-0.4, -0.2) is 38.1 Å². The summed E-state index contributed by atoms with van der Waals surface area (Å²) in [7, 11) is 0. The molecule has 2 aliphatic heterocycles. The second-order valence-electron chi connectivity index (χ2n) is 8.18. The fourth-order valence-corrected chi connectivity index (χ4v) is 3.43. The number of carbonyl (C=O) groups is 2. The lowest BCUT2D eigenvalue weighted by molar-refractivity contribution is -0.126. The maximum absolute atomic E-state index is 12.7. The summed E-state index contributed by atoms with van der Waals surface area (Å²) in [6, 6.07) is 5.50. The Morgan fingerprint density at radius 1 is 1.33 bits per heavy atom. The van der Waals surface area contributed by atoms with Crippen LogP contribution in [0.25, 0.3) is 0 Å². The molecule has 0 bridgehead atoms. The number of nitrogens with zero attached hydrogens (tertiary/aromatic N) is 1. The minimum absolute atomic E-state index is 0. The highest BCUT2D eigenvalue weighted by atomic mass is 35.5. The molecule has 0 aromatic heterocycles. The van der Waals surface area contributed by atoms with Crippen molar-refractivity contribution in [1.82, 2.24) is 5.32 Å². The zero-order valence-corrected chi connectivity index (χ0v) is 17.2. The first kappa shape index (κ1) is 21.5. The zero-order valence-electron chi connectivity index (χ0n) is 16.3. The number of hydrogen-bond acceptors (Lipinski definition) is 4. The van der Waals surface area contributed by atoms with Gasteiger partial charge in [0.2, 0.25) is 11.8 Å². The van der Waals surface area contributed by atoms with E-state index in [2.05, 4.69) is 10.6 Å². The van der Waals surface area contributed by atoms with Gasteiger partial charge < -0.3 is 20.3 Å². The Kier molecular flexibility index (Phi) is 7.12. The molecule has 0 saturated carbocycles. The lowest BCUT2D eigenvalue weighted by atomic mass is 9.94. The molecule has 1 saturated heterocycles. The van der Waals surface area contributed by atoms with Crippen LogP contribution < -0.4 is 20.3 Å². The highest BCUT2D eigenvalue weighted by Crippen LogP contribution is 2.36. The van der Waals surface area contributed by atoms with Crippen molar-refractivity contribution < 1.29 is 14.3 Å². The van der Waals surface area contributed by atoms with Crippen LogP contribution in [0.15, 0.2) is 18.2 Å². The van der Waals surface area contributed by atoms with Crippen molar-refractivity contribution in [1.29, 1.82) is 0 Å². The predicted octanol–water partition coefficient (Wildman–Crippen LogP) is 3.21. The first-order valence-electron chi connectivity index (χ1n) is 9.44. The lowest BCUT2D eigenvalue weighted by Crippen LogP contribution is -2.44. The highest BCUT2D eigenvalue weighted by molar-refractivity contribution is 6.00. The van der Waals surface area contributed by atoms with E-state index in [4.69, 9.17) is 4.74 Å². The average molecular weight is 396 g/mol. The van der Waals surface area contributed by atoms with E-state index in [1.54, 1.807) is 4.90 Å². The second kappa shape index (κ2) is 8.93. The van der Waals surface area contributed by atoms with E-state index in [0.29, 0.717) is 36.9 Å². The van der Waals surface area contributed by atoms with E-state index in [1.807, 2.05) is 39.0 Å². The fourth-order valence-electron chi connectivity index (χ4n) is 3.43. The van der Waals surface area contributed by atoms with Crippen molar-refractivity contribution in [3.8, 4) is 5.75 Å². The Balaban J connectivity index is 0.00000261. The third-order valence-electron chi connectivity index (χ3n) is 4.93. The highest BCUT2D eigenvalue weighted by Gasteiger charge is 2.32. The van der Waals surface area contributed by atoms with E-state index in [-0.39, 0.29) is 24.2 Å². The summed E-state index contributed by atoms with van der Waals surface area (Å²) in [5.74, 6) is 1.35. The molecule has 1 atom stereocenters. The normalized spacial score (nSPS) is 18.9. The molecule has 1 aromatic carbocycles. The fraction of sp³-hybridized carbons (Fsp3) is 0.600. The van der Waals surface area contributed by atoms with Crippen LogP contribution in [-0.2, 0) is 9.59 Å². The Labute approximate surface area is 167 Å². The number of anilines is 2. The SMILES string of the molecule is CC(C)(C)C(=O)N1CCOc2ccc(NC(=O)CCC3CCNC3)cc21.Cl. The van der Waals surface area contributed by atoms with Crippen LogP contribution in [0.3, 0.4) is 0 Å². The Hall–Kier alpha value is -1.79. The molecule has 6 nitrogen and oxygen atoms in total. The van der Waals surface area contributed by atoms with Gasteiger partial charge in [-0.1, -0.05) is 20.8 Å². The van der Waals surface area contributed by atoms with Crippen LogP contribution in [0, 0.1) is 11.3 Å². The van der Waals surface area contributed by atoms with Gasteiger partial charge in [-0.25, -0.2) is 0 Å². The molecule has 2 aliphatic rings. The van der Waals surface area contributed by atoms with E-state index >= 15 is 0 Å². The van der Waals surface area contributed by atoms with E-state index in [0.717, 1.165) is 31.6 Å². The first-order chi connectivity index (χ1) is 12.3. The molecule has 1 unspecified atom stereocenters. The van der Waals surface area contributed by atoms with Crippen molar-refractivity contribution >= 4 is 35.6 Å². The van der Waals surface area contributed by atoms with Crippen molar-refractivity contribution in [3.05, 3.63) is 18.2 Å². The molecule has 2 N–H and O–H groups in total. The third kappa shape index (κ3) is 5.36. The average Bonchev–Trinajstić information content (AvgIpc) is 3.11. The maximum Gasteiger partial charge on any atom is 0.232 e. The molecule has 0 aliphatic carbocycles. The first-order valence-corrected chi connectivity index (χ1v) is 9.44. The van der Waals surface area contributed by atoms with Gasteiger partial charge >= 0.3 is 0 Å². The lowest BCUT2D eigenvalue weighted by Gasteiger charge is -2.34. The molecule has 27 heavy (non-hydrogen) atoms. The quantitative estimate of drug-likeness (QED) is 0.821. The van der Waals surface area contributed by atoms with Gasteiger partial charge in [0.15, 0.2) is 0 Å². The summed E-state index contributed by atoms with van der Waals surface area (Å²) in [6.45, 7) is 8.79. The molecule has 2 heterocycles. The summed E-state index contributed by atoms with van der Waals surface area (Å²) in [6.07, 6.45) is 2.57. The number of carbonyl (C=O) groups excluding carboxylic acids is 2. The zero-order chi connectivity index (χ0) is 18.7. The number of hydrogen-bond donors (Lipinski definition) is 2. The summed E-state index contributed by atoms with van der Waals surface area (Å²) >= 11 is 0. The van der Waals surface area contributed by atoms with Crippen LogP contribution in [0.5, 0.6) is 5.75 Å². The predicted molar refractivity (Wildman–Crippen MR) is 110 cm³/mol. The largest absolute Gasteiger partial charge is 0.490 e. The number of amides is 2. The van der Waals surface area contributed by atoms with Gasteiger partial charge in [0.1, 0.15) is 12.4 Å². The van der Waals surface area contributed by atoms with Crippen molar-refractivity contribution in [2.45, 2.75) is 40.0 Å². The van der Waals surface area contributed by atoms with Crippen molar-refractivity contribution in [2.24, 2.45) is 11.3 Å². The van der Waals surface area contributed by atoms with Crippen LogP contribution in [0.2, 0.25) is 0 Å². The van der Waals surface area contributed by atoms with E-state index in [1.165, 1.54) is 0 Å². The molecular formula is C20H30ClN3O3. The van der Waals surface area contributed by atoms with Crippen molar-refractivity contribution in [3.63, 3.8) is 0 Å². The van der Waals surface area contributed by atoms with E-state index < -0.39 is 5.41 Å². The summed E-state index contributed by atoms with van der Waals surface area (Å²) in [5.41, 5.74) is 0.966. The van der Waals surface area contributed by atoms with Gasteiger partial charge in [-0.05, 0) is 50.0 Å². The van der Waals surface area contributed by atoms with E-state index in [9.17, 15) is 9.59 Å². The topological polar surface area (TPSA) is 70.7 Å². The number of benzene rings is 1. The van der Waals surface area contributed by atoms with Crippen LogP contribution >= 0.6 is 12.4 Å². The standard InChI is InChI=1S/C20H29N3O3.ClH/c1-20(2,3)19(25)23-10-11-26-17-6-5-15(12-16(17)23)22-18(24)7-4-14-8-9-21-13-14;/h5-6,12,14,21H,4,7-11,13H2,1-3H3,(H,22,24);1H. The second-order valence-corrected chi connectivity index (χ2v) is 8.18. The monoisotopic (exact) mass is 395 g/mol. The smallest absolute Gasteiger partial charge is 0.232 e. The Morgan fingerprint density at radius 2 is 2.11 bits per heavy atom. The summed E-state index contributed by atoms with van der Waals surface area (Å²) in [4.78, 5) is 26.8. The molecule has 150 valence electrons. The molecular weight excluding hydrogens is 366 g/mol. The van der Waals surface area contributed by atoms with Crippen LogP contribution in [0.1, 0.15) is 40.0 Å². The number of nitrogens with one attached hydrogen (secondary N) is 2. The number of ether oxygens (including phenoxy) is 1. The summed E-state index contributed by atoms with van der Waals surface area (Å²) in [5, 5.41) is 6.29. The summed E-state index contributed by atoms with van der Waals surface area (Å²) < 4.78 is 5.68. The van der Waals surface area contributed by atoms with Gasteiger partial charge in [0.25, 0.3) is 0 Å². The minimum atomic E-state index is -0.469. The van der Waals surface area contributed by atoms with Gasteiger partial charge in [-0.15, -0.1) is 12.4 Å². The van der Waals surface area contributed by atoms with Gasteiger partial charge in [-0.3, -0.25) is 9.59 Å². The maximum atomic E-state index is 12.7. The molecule has 1 aromatic rings. The number of rotatable bonds is 4. The number of halogens is 1. The third-order valence-corrected chi connectivity index (χ3v) is 4.93. The van der Waals surface area contributed by atoms with Gasteiger partial charge in [0.05, 0.1) is 12.2 Å². The minimum Gasteiger partial charge on any atom is -0.490 e. The Morgan fingerprint density at radius 3 is 2.78 bits per heavy atom. The molecule has 0 radical (unpaired) electrons. The van der Waals surface area contributed by atoms with Crippen molar-refractivity contribution in [2.75, 3.05) is 36.5 Å². The molecule has 7 heteroatoms. The number of fused-ring (bicyclic) bond motifs is 1. The molecule has 3 rings (SSSR count). The molecule has 0 spiro atoms. The molecule has 2 amide bonds. The van der Waals surface area contributed by atoms with Gasteiger partial charge in [0, 0.05) is 17.5 Å².